The molecule has 5 heteroatoms. The van der Waals surface area contributed by atoms with Crippen molar-refractivity contribution >= 4 is 29.1 Å². The van der Waals surface area contributed by atoms with Gasteiger partial charge in [-0.15, -0.1) is 0 Å². The van der Waals surface area contributed by atoms with E-state index >= 15 is 0 Å². The van der Waals surface area contributed by atoms with Gasteiger partial charge in [0.15, 0.2) is 0 Å². The fourth-order valence-corrected chi connectivity index (χ4v) is 3.36. The molecule has 1 saturated heterocycles. The van der Waals surface area contributed by atoms with E-state index < -0.39 is 5.92 Å². The molecule has 2 atom stereocenters. The Hall–Kier alpha value is -2.33. The number of hydrogen-bond donors (Lipinski definition) is 1. The zero-order valence-electron chi connectivity index (χ0n) is 14.3. The monoisotopic (exact) mass is 356 g/mol. The highest BCUT2D eigenvalue weighted by Gasteiger charge is 2.38. The van der Waals surface area contributed by atoms with Crippen LogP contribution in [0, 0.1) is 12.8 Å². The third kappa shape index (κ3) is 3.54. The lowest BCUT2D eigenvalue weighted by Crippen LogP contribution is -2.38. The molecule has 4 nitrogen and oxygen atoms in total. The van der Waals surface area contributed by atoms with Gasteiger partial charge in [0.25, 0.3) is 0 Å². The van der Waals surface area contributed by atoms with Crippen LogP contribution in [0.3, 0.4) is 0 Å². The first-order chi connectivity index (χ1) is 12.0. The van der Waals surface area contributed by atoms with E-state index in [2.05, 4.69) is 5.32 Å². The van der Waals surface area contributed by atoms with Gasteiger partial charge < -0.3 is 10.2 Å². The maximum absolute atomic E-state index is 12.8. The summed E-state index contributed by atoms with van der Waals surface area (Å²) in [6, 6.07) is 15.1. The molecule has 1 N–H and O–H groups in total. The molecule has 2 aromatic carbocycles. The van der Waals surface area contributed by atoms with Gasteiger partial charge in [0.2, 0.25) is 11.8 Å². The van der Waals surface area contributed by atoms with Crippen LogP contribution in [-0.2, 0) is 9.59 Å². The van der Waals surface area contributed by atoms with E-state index in [9.17, 15) is 9.59 Å². The van der Waals surface area contributed by atoms with Gasteiger partial charge in [-0.25, -0.2) is 0 Å². The Morgan fingerprint density at radius 3 is 2.64 bits per heavy atom. The van der Waals surface area contributed by atoms with Crippen molar-refractivity contribution in [2.75, 3.05) is 11.4 Å². The molecule has 0 spiro atoms. The molecule has 130 valence electrons. The number of hydrogen-bond acceptors (Lipinski definition) is 2. The average Bonchev–Trinajstić information content (AvgIpc) is 2.99. The molecular formula is C20H21ClN2O2. The summed E-state index contributed by atoms with van der Waals surface area (Å²) in [5, 5.41) is 3.58. The quantitative estimate of drug-likeness (QED) is 0.845. The van der Waals surface area contributed by atoms with E-state index in [4.69, 9.17) is 11.6 Å². The molecule has 25 heavy (non-hydrogen) atoms. The van der Waals surface area contributed by atoms with E-state index in [1.54, 1.807) is 11.0 Å². The van der Waals surface area contributed by atoms with Crippen LogP contribution in [0.2, 0.25) is 5.02 Å². The van der Waals surface area contributed by atoms with Crippen LogP contribution < -0.4 is 10.2 Å². The molecule has 0 saturated carbocycles. The van der Waals surface area contributed by atoms with Crippen LogP contribution in [-0.4, -0.2) is 18.4 Å². The normalized spacial score (nSPS) is 18.3. The first-order valence-corrected chi connectivity index (χ1v) is 8.78. The SMILES string of the molecule is Cc1c(Cl)cccc1N1CC[C@H](C(=O)N[C@H](C)c2ccccc2)C1=O. The molecule has 0 unspecified atom stereocenters. The van der Waals surface area contributed by atoms with Crippen LogP contribution in [0.25, 0.3) is 0 Å². The lowest BCUT2D eigenvalue weighted by molar-refractivity contribution is -0.132. The minimum Gasteiger partial charge on any atom is -0.349 e. The smallest absolute Gasteiger partial charge is 0.239 e. The Morgan fingerprint density at radius 2 is 1.92 bits per heavy atom. The standard InChI is InChI=1S/C20H21ClN2O2/c1-13-17(21)9-6-10-18(13)23-12-11-16(20(23)25)19(24)22-14(2)15-7-4-3-5-8-15/h3-10,14,16H,11-12H2,1-2H3,(H,22,24)/t14-,16-/m1/s1. The molecule has 1 fully saturated rings. The molecule has 3 rings (SSSR count). The second kappa shape index (κ2) is 7.28. The topological polar surface area (TPSA) is 49.4 Å². The largest absolute Gasteiger partial charge is 0.349 e. The Labute approximate surface area is 152 Å². The van der Waals surface area contributed by atoms with Crippen LogP contribution in [0.4, 0.5) is 5.69 Å². The highest BCUT2D eigenvalue weighted by atomic mass is 35.5. The molecule has 1 aliphatic rings. The molecule has 1 heterocycles. The minimum atomic E-state index is -0.649. The molecule has 0 aliphatic carbocycles. The van der Waals surface area contributed by atoms with Crippen molar-refractivity contribution in [3.63, 3.8) is 0 Å². The zero-order valence-corrected chi connectivity index (χ0v) is 15.1. The second-order valence-corrected chi connectivity index (χ2v) is 6.76. The van der Waals surface area contributed by atoms with Gasteiger partial charge in [0.1, 0.15) is 5.92 Å². The van der Waals surface area contributed by atoms with Gasteiger partial charge in [-0.05, 0) is 43.5 Å². The number of halogens is 1. The molecule has 0 radical (unpaired) electrons. The van der Waals surface area contributed by atoms with E-state index in [0.717, 1.165) is 16.8 Å². The third-order valence-electron chi connectivity index (χ3n) is 4.71. The predicted molar refractivity (Wildman–Crippen MR) is 99.6 cm³/mol. The van der Waals surface area contributed by atoms with Crippen molar-refractivity contribution in [1.82, 2.24) is 5.32 Å². The van der Waals surface area contributed by atoms with Gasteiger partial charge in [-0.1, -0.05) is 48.0 Å². The van der Waals surface area contributed by atoms with Gasteiger partial charge >= 0.3 is 0 Å². The Morgan fingerprint density at radius 1 is 1.20 bits per heavy atom. The van der Waals surface area contributed by atoms with Crippen molar-refractivity contribution in [3.8, 4) is 0 Å². The summed E-state index contributed by atoms with van der Waals surface area (Å²) in [5.41, 5.74) is 2.66. The Bertz CT molecular complexity index is 792. The average molecular weight is 357 g/mol. The van der Waals surface area contributed by atoms with E-state index in [1.807, 2.05) is 56.3 Å². The predicted octanol–water partition coefficient (Wildman–Crippen LogP) is 3.88. The second-order valence-electron chi connectivity index (χ2n) is 6.36. The van der Waals surface area contributed by atoms with E-state index in [1.165, 1.54) is 0 Å². The Kier molecular flexibility index (Phi) is 5.09. The number of rotatable bonds is 4. The maximum Gasteiger partial charge on any atom is 0.239 e. The van der Waals surface area contributed by atoms with Gasteiger partial charge in [0.05, 0.1) is 6.04 Å². The summed E-state index contributed by atoms with van der Waals surface area (Å²) in [6.45, 7) is 4.33. The summed E-state index contributed by atoms with van der Waals surface area (Å²) in [4.78, 5) is 27.0. The van der Waals surface area contributed by atoms with Crippen molar-refractivity contribution in [2.24, 2.45) is 5.92 Å². The highest BCUT2D eigenvalue weighted by molar-refractivity contribution is 6.31. The van der Waals surface area contributed by atoms with Crippen LogP contribution in [0.15, 0.2) is 48.5 Å². The highest BCUT2D eigenvalue weighted by Crippen LogP contribution is 2.31. The van der Waals surface area contributed by atoms with Gasteiger partial charge in [-0.2, -0.15) is 0 Å². The number of amides is 2. The fraction of sp³-hybridized carbons (Fsp3) is 0.300. The van der Waals surface area contributed by atoms with Gasteiger partial charge in [-0.3, -0.25) is 9.59 Å². The lowest BCUT2D eigenvalue weighted by atomic mass is 10.0. The summed E-state index contributed by atoms with van der Waals surface area (Å²) >= 11 is 6.16. The van der Waals surface area contributed by atoms with Crippen molar-refractivity contribution < 1.29 is 9.59 Å². The first kappa shape index (κ1) is 17.5. The summed E-state index contributed by atoms with van der Waals surface area (Å²) in [6.07, 6.45) is 0.512. The molecule has 2 aromatic rings. The zero-order chi connectivity index (χ0) is 18.0. The third-order valence-corrected chi connectivity index (χ3v) is 5.12. The van der Waals surface area contributed by atoms with Gasteiger partial charge in [0, 0.05) is 17.3 Å². The van der Waals surface area contributed by atoms with Crippen LogP contribution in [0.5, 0.6) is 0 Å². The number of benzene rings is 2. The fourth-order valence-electron chi connectivity index (χ4n) is 3.19. The molecule has 1 aliphatic heterocycles. The lowest BCUT2D eigenvalue weighted by Gasteiger charge is -2.20. The number of nitrogens with zero attached hydrogens (tertiary/aromatic N) is 1. The van der Waals surface area contributed by atoms with Crippen LogP contribution >= 0.6 is 11.6 Å². The first-order valence-electron chi connectivity index (χ1n) is 8.41. The number of carbonyl (C=O) groups excluding carboxylic acids is 2. The maximum atomic E-state index is 12.8. The van der Waals surface area contributed by atoms with Crippen molar-refractivity contribution in [2.45, 2.75) is 26.3 Å². The van der Waals surface area contributed by atoms with Crippen LogP contribution in [0.1, 0.15) is 30.5 Å². The van der Waals surface area contributed by atoms with Crippen molar-refractivity contribution in [3.05, 3.63) is 64.7 Å². The number of carbonyl (C=O) groups is 2. The van der Waals surface area contributed by atoms with E-state index in [0.29, 0.717) is 18.0 Å². The molecular weight excluding hydrogens is 336 g/mol. The summed E-state index contributed by atoms with van der Waals surface area (Å²) in [5.74, 6) is -1.03. The molecule has 2 amide bonds. The summed E-state index contributed by atoms with van der Waals surface area (Å²) in [7, 11) is 0. The summed E-state index contributed by atoms with van der Waals surface area (Å²) < 4.78 is 0. The number of anilines is 1. The molecule has 0 bridgehead atoms. The molecule has 0 aromatic heterocycles. The Balaban J connectivity index is 1.71. The minimum absolute atomic E-state index is 0.136. The van der Waals surface area contributed by atoms with E-state index in [-0.39, 0.29) is 17.9 Å². The number of nitrogens with one attached hydrogen (secondary N) is 1. The van der Waals surface area contributed by atoms with Crippen molar-refractivity contribution in [1.29, 1.82) is 0 Å².